The Labute approximate surface area is 126 Å². The lowest BCUT2D eigenvalue weighted by Crippen LogP contribution is -2.40. The summed E-state index contributed by atoms with van der Waals surface area (Å²) >= 11 is 0. The number of nitrogens with zero attached hydrogens (tertiary/aromatic N) is 1. The molecule has 0 saturated carbocycles. The molecule has 1 fully saturated rings. The third kappa shape index (κ3) is 4.60. The molecule has 0 radical (unpaired) electrons. The molecule has 21 heavy (non-hydrogen) atoms. The zero-order chi connectivity index (χ0) is 15.1. The first kappa shape index (κ1) is 15.6. The SMILES string of the molecule is CCCOC1CCCN(c2ccccc2C=CC(=O)O)C1. The summed E-state index contributed by atoms with van der Waals surface area (Å²) in [4.78, 5) is 13.0. The van der Waals surface area contributed by atoms with Crippen LogP contribution >= 0.6 is 0 Å². The van der Waals surface area contributed by atoms with Gasteiger partial charge in [0.2, 0.25) is 0 Å². The Morgan fingerprint density at radius 3 is 3.05 bits per heavy atom. The molecule has 1 atom stereocenters. The van der Waals surface area contributed by atoms with Gasteiger partial charge in [-0.1, -0.05) is 25.1 Å². The fourth-order valence-corrected chi connectivity index (χ4v) is 2.66. The lowest BCUT2D eigenvalue weighted by atomic mass is 10.0. The summed E-state index contributed by atoms with van der Waals surface area (Å²) in [5.74, 6) is -0.924. The highest BCUT2D eigenvalue weighted by molar-refractivity contribution is 5.87. The summed E-state index contributed by atoms with van der Waals surface area (Å²) in [5.41, 5.74) is 2.02. The Bertz CT molecular complexity index is 499. The van der Waals surface area contributed by atoms with Crippen LogP contribution in [0.25, 0.3) is 6.08 Å². The highest BCUT2D eigenvalue weighted by Crippen LogP contribution is 2.26. The molecule has 1 aliphatic rings. The van der Waals surface area contributed by atoms with Crippen molar-refractivity contribution in [2.45, 2.75) is 32.3 Å². The van der Waals surface area contributed by atoms with Gasteiger partial charge in [0.05, 0.1) is 6.10 Å². The van der Waals surface area contributed by atoms with Crippen molar-refractivity contribution in [3.63, 3.8) is 0 Å². The number of hydrogen-bond acceptors (Lipinski definition) is 3. The number of ether oxygens (including phenoxy) is 1. The molecule has 2 rings (SSSR count). The van der Waals surface area contributed by atoms with Crippen LogP contribution in [0.2, 0.25) is 0 Å². The molecule has 1 aromatic rings. The summed E-state index contributed by atoms with van der Waals surface area (Å²) in [5, 5.41) is 8.79. The molecule has 4 nitrogen and oxygen atoms in total. The number of rotatable bonds is 6. The fourth-order valence-electron chi connectivity index (χ4n) is 2.66. The van der Waals surface area contributed by atoms with Crippen LogP contribution in [0.3, 0.4) is 0 Å². The summed E-state index contributed by atoms with van der Waals surface area (Å²) in [6.07, 6.45) is 6.36. The van der Waals surface area contributed by atoms with E-state index in [1.165, 1.54) is 6.08 Å². The Morgan fingerprint density at radius 1 is 1.48 bits per heavy atom. The van der Waals surface area contributed by atoms with E-state index >= 15 is 0 Å². The maximum absolute atomic E-state index is 10.7. The molecule has 1 unspecified atom stereocenters. The fraction of sp³-hybridized carbons (Fsp3) is 0.471. The third-order valence-corrected chi connectivity index (χ3v) is 3.62. The minimum absolute atomic E-state index is 0.273. The summed E-state index contributed by atoms with van der Waals surface area (Å²) < 4.78 is 5.87. The Kier molecular flexibility index (Phi) is 5.81. The number of piperidine rings is 1. The Balaban J connectivity index is 2.11. The van der Waals surface area contributed by atoms with Gasteiger partial charge in [0.1, 0.15) is 0 Å². The predicted molar refractivity (Wildman–Crippen MR) is 84.6 cm³/mol. The topological polar surface area (TPSA) is 49.8 Å². The second-order valence-corrected chi connectivity index (χ2v) is 5.31. The smallest absolute Gasteiger partial charge is 0.328 e. The zero-order valence-electron chi connectivity index (χ0n) is 12.5. The molecule has 0 amide bonds. The predicted octanol–water partition coefficient (Wildman–Crippen LogP) is 3.18. The van der Waals surface area contributed by atoms with Gasteiger partial charge in [-0.3, -0.25) is 0 Å². The largest absolute Gasteiger partial charge is 0.478 e. The van der Waals surface area contributed by atoms with Crippen molar-refractivity contribution in [2.75, 3.05) is 24.6 Å². The maximum atomic E-state index is 10.7. The highest BCUT2D eigenvalue weighted by Gasteiger charge is 2.21. The molecule has 0 bridgehead atoms. The lowest BCUT2D eigenvalue weighted by Gasteiger charge is -2.35. The Morgan fingerprint density at radius 2 is 2.29 bits per heavy atom. The van der Waals surface area contributed by atoms with E-state index in [4.69, 9.17) is 9.84 Å². The van der Waals surface area contributed by atoms with Crippen molar-refractivity contribution in [3.8, 4) is 0 Å². The van der Waals surface area contributed by atoms with Gasteiger partial charge in [0.15, 0.2) is 0 Å². The first-order chi connectivity index (χ1) is 10.2. The van der Waals surface area contributed by atoms with Gasteiger partial charge in [-0.05, 0) is 37.0 Å². The van der Waals surface area contributed by atoms with Crippen molar-refractivity contribution in [3.05, 3.63) is 35.9 Å². The van der Waals surface area contributed by atoms with Gasteiger partial charge < -0.3 is 14.7 Å². The summed E-state index contributed by atoms with van der Waals surface area (Å²) in [6.45, 7) is 4.79. The van der Waals surface area contributed by atoms with Crippen molar-refractivity contribution in [2.24, 2.45) is 0 Å². The van der Waals surface area contributed by atoms with Crippen molar-refractivity contribution >= 4 is 17.7 Å². The minimum Gasteiger partial charge on any atom is -0.478 e. The molecule has 0 spiro atoms. The molecule has 114 valence electrons. The average Bonchev–Trinajstić information content (AvgIpc) is 2.51. The number of carboxylic acid groups (broad SMARTS) is 1. The summed E-state index contributed by atoms with van der Waals surface area (Å²) in [6, 6.07) is 7.92. The molecule has 1 saturated heterocycles. The van der Waals surface area contributed by atoms with Crippen LogP contribution in [0.1, 0.15) is 31.7 Å². The van der Waals surface area contributed by atoms with E-state index in [2.05, 4.69) is 11.8 Å². The number of hydrogen-bond donors (Lipinski definition) is 1. The van der Waals surface area contributed by atoms with E-state index < -0.39 is 5.97 Å². The quantitative estimate of drug-likeness (QED) is 0.817. The monoisotopic (exact) mass is 289 g/mol. The zero-order valence-corrected chi connectivity index (χ0v) is 12.5. The molecule has 1 aromatic carbocycles. The van der Waals surface area contributed by atoms with Crippen LogP contribution in [0.5, 0.6) is 0 Å². The molecule has 1 heterocycles. The summed E-state index contributed by atoms with van der Waals surface area (Å²) in [7, 11) is 0. The standard InChI is InChI=1S/C17H23NO3/c1-2-12-21-15-7-5-11-18(13-15)16-8-4-3-6-14(16)9-10-17(19)20/h3-4,6,8-10,15H,2,5,7,11-13H2,1H3,(H,19,20). The number of anilines is 1. The molecular weight excluding hydrogens is 266 g/mol. The van der Waals surface area contributed by atoms with E-state index in [-0.39, 0.29) is 6.10 Å². The van der Waals surface area contributed by atoms with E-state index in [1.807, 2.05) is 24.3 Å². The normalized spacial score (nSPS) is 19.1. The first-order valence-corrected chi connectivity index (χ1v) is 7.57. The second kappa shape index (κ2) is 7.84. The Hall–Kier alpha value is -1.81. The maximum Gasteiger partial charge on any atom is 0.328 e. The highest BCUT2D eigenvalue weighted by atomic mass is 16.5. The van der Waals surface area contributed by atoms with Crippen molar-refractivity contribution in [1.29, 1.82) is 0 Å². The van der Waals surface area contributed by atoms with Gasteiger partial charge in [0, 0.05) is 31.5 Å². The number of para-hydroxylation sites is 1. The van der Waals surface area contributed by atoms with Crippen LogP contribution in [-0.2, 0) is 9.53 Å². The van der Waals surface area contributed by atoms with Crippen LogP contribution in [0.15, 0.2) is 30.3 Å². The molecular formula is C17H23NO3. The van der Waals surface area contributed by atoms with Crippen LogP contribution in [-0.4, -0.2) is 36.9 Å². The van der Waals surface area contributed by atoms with Crippen LogP contribution in [0, 0.1) is 0 Å². The van der Waals surface area contributed by atoms with Gasteiger partial charge in [0.25, 0.3) is 0 Å². The first-order valence-electron chi connectivity index (χ1n) is 7.57. The number of benzene rings is 1. The number of aliphatic carboxylic acids is 1. The van der Waals surface area contributed by atoms with Crippen molar-refractivity contribution in [1.82, 2.24) is 0 Å². The lowest BCUT2D eigenvalue weighted by molar-refractivity contribution is -0.131. The van der Waals surface area contributed by atoms with Gasteiger partial charge in [-0.25, -0.2) is 4.79 Å². The van der Waals surface area contributed by atoms with E-state index in [1.54, 1.807) is 6.08 Å². The molecule has 1 N–H and O–H groups in total. The molecule has 0 aliphatic carbocycles. The van der Waals surface area contributed by atoms with Gasteiger partial charge in [-0.15, -0.1) is 0 Å². The van der Waals surface area contributed by atoms with E-state index in [0.717, 1.165) is 50.2 Å². The van der Waals surface area contributed by atoms with Gasteiger partial charge >= 0.3 is 5.97 Å². The van der Waals surface area contributed by atoms with E-state index in [0.29, 0.717) is 0 Å². The molecule has 4 heteroatoms. The molecule has 0 aromatic heterocycles. The third-order valence-electron chi connectivity index (χ3n) is 3.62. The minimum atomic E-state index is -0.924. The number of carbonyl (C=O) groups is 1. The number of carboxylic acids is 1. The van der Waals surface area contributed by atoms with Gasteiger partial charge in [-0.2, -0.15) is 0 Å². The van der Waals surface area contributed by atoms with Crippen LogP contribution < -0.4 is 4.90 Å². The average molecular weight is 289 g/mol. The second-order valence-electron chi connectivity index (χ2n) is 5.31. The van der Waals surface area contributed by atoms with Crippen LogP contribution in [0.4, 0.5) is 5.69 Å². The van der Waals surface area contributed by atoms with E-state index in [9.17, 15) is 4.79 Å². The molecule has 1 aliphatic heterocycles. The van der Waals surface area contributed by atoms with Crippen molar-refractivity contribution < 1.29 is 14.6 Å².